The summed E-state index contributed by atoms with van der Waals surface area (Å²) < 4.78 is 10.6. The fraction of sp³-hybridized carbons (Fsp3) is 0.389. The molecule has 0 bridgehead atoms. The molecule has 0 spiro atoms. The Morgan fingerprint density at radius 1 is 1.50 bits per heavy atom. The van der Waals surface area contributed by atoms with Gasteiger partial charge in [0.05, 0.1) is 31.0 Å². The van der Waals surface area contributed by atoms with E-state index in [0.717, 1.165) is 12.8 Å². The molecule has 1 fully saturated rings. The second kappa shape index (κ2) is 8.66. The van der Waals surface area contributed by atoms with E-state index < -0.39 is 0 Å². The van der Waals surface area contributed by atoms with E-state index in [9.17, 15) is 9.90 Å². The smallest absolute Gasteiger partial charge is 0.311 e. The number of hydrogen-bond donors (Lipinski definition) is 2. The molecule has 2 aromatic rings. The minimum absolute atomic E-state index is 0.106. The van der Waals surface area contributed by atoms with Crippen molar-refractivity contribution in [3.8, 4) is 11.5 Å². The summed E-state index contributed by atoms with van der Waals surface area (Å²) in [6.45, 7) is 2.12. The highest BCUT2D eigenvalue weighted by atomic mass is 32.1. The summed E-state index contributed by atoms with van der Waals surface area (Å²) in [5, 5.41) is 16.5. The molecule has 1 aromatic heterocycles. The fourth-order valence-electron chi connectivity index (χ4n) is 2.34. The zero-order valence-corrected chi connectivity index (χ0v) is 15.3. The van der Waals surface area contributed by atoms with Crippen LogP contribution in [0.3, 0.4) is 0 Å². The summed E-state index contributed by atoms with van der Waals surface area (Å²) in [4.78, 5) is 15.7. The third-order valence-electron chi connectivity index (χ3n) is 3.90. The lowest BCUT2D eigenvalue weighted by atomic mass is 9.96. The quantitative estimate of drug-likeness (QED) is 0.418. The van der Waals surface area contributed by atoms with Crippen LogP contribution in [0.2, 0.25) is 0 Å². The molecule has 2 N–H and O–H groups in total. The maximum Gasteiger partial charge on any atom is 0.311 e. The number of esters is 1. The number of rotatable bonds is 8. The largest absolute Gasteiger partial charge is 0.507 e. The molecular weight excluding hydrogens is 354 g/mol. The summed E-state index contributed by atoms with van der Waals surface area (Å²) in [6, 6.07) is 5.17. The lowest BCUT2D eigenvalue weighted by molar-refractivity contribution is -0.142. The Kier molecular flexibility index (Phi) is 6.06. The van der Waals surface area contributed by atoms with E-state index in [1.165, 1.54) is 24.0 Å². The first kappa shape index (κ1) is 18.2. The fourth-order valence-corrected chi connectivity index (χ4v) is 3.00. The lowest BCUT2D eigenvalue weighted by Crippen LogP contribution is -2.24. The summed E-state index contributed by atoms with van der Waals surface area (Å²) in [6.07, 6.45) is 5.25. The molecule has 1 aliphatic carbocycles. The van der Waals surface area contributed by atoms with E-state index in [2.05, 4.69) is 15.5 Å². The normalized spacial score (nSPS) is 14.2. The SMILES string of the molecule is CCOC(=O)Cc1csc(NN=Cc2ccc(OC3CCC3)cc2O)n1. The van der Waals surface area contributed by atoms with Gasteiger partial charge in [-0.1, -0.05) is 0 Å². The Hall–Kier alpha value is -2.61. The number of thiazole rings is 1. The number of nitrogens with one attached hydrogen (secondary N) is 1. The number of aromatic hydroxyl groups is 1. The molecule has 138 valence electrons. The number of phenolic OH excluding ortho intramolecular Hbond substituents is 1. The summed E-state index contributed by atoms with van der Waals surface area (Å²) in [7, 11) is 0. The number of phenols is 1. The topological polar surface area (TPSA) is 93.0 Å². The zero-order chi connectivity index (χ0) is 18.4. The van der Waals surface area contributed by atoms with Gasteiger partial charge in [0.1, 0.15) is 11.5 Å². The molecule has 0 atom stereocenters. The first-order valence-electron chi connectivity index (χ1n) is 8.53. The van der Waals surface area contributed by atoms with Crippen LogP contribution in [0.25, 0.3) is 0 Å². The van der Waals surface area contributed by atoms with Crippen LogP contribution in [0.15, 0.2) is 28.7 Å². The van der Waals surface area contributed by atoms with Crippen molar-refractivity contribution in [1.82, 2.24) is 4.98 Å². The van der Waals surface area contributed by atoms with Crippen LogP contribution in [-0.4, -0.2) is 35.0 Å². The maximum absolute atomic E-state index is 11.4. The number of aromatic nitrogens is 1. The Bertz CT molecular complexity index is 786. The molecule has 0 aliphatic heterocycles. The minimum Gasteiger partial charge on any atom is -0.507 e. The Morgan fingerprint density at radius 2 is 2.35 bits per heavy atom. The highest BCUT2D eigenvalue weighted by molar-refractivity contribution is 7.13. The van der Waals surface area contributed by atoms with E-state index in [1.807, 2.05) is 6.07 Å². The van der Waals surface area contributed by atoms with Crippen molar-refractivity contribution >= 4 is 28.7 Å². The van der Waals surface area contributed by atoms with E-state index in [4.69, 9.17) is 9.47 Å². The van der Waals surface area contributed by atoms with Gasteiger partial charge in [-0.3, -0.25) is 10.2 Å². The Morgan fingerprint density at radius 3 is 3.04 bits per heavy atom. The monoisotopic (exact) mass is 375 g/mol. The first-order chi connectivity index (χ1) is 12.6. The molecule has 1 aliphatic rings. The maximum atomic E-state index is 11.4. The van der Waals surface area contributed by atoms with Gasteiger partial charge in [-0.05, 0) is 38.3 Å². The minimum atomic E-state index is -0.304. The molecule has 0 radical (unpaired) electrons. The summed E-state index contributed by atoms with van der Waals surface area (Å²) in [5.41, 5.74) is 4.00. The Labute approximate surface area is 155 Å². The highest BCUT2D eigenvalue weighted by Gasteiger charge is 2.19. The molecular formula is C18H21N3O4S. The van der Waals surface area contributed by atoms with Gasteiger partial charge in [0.15, 0.2) is 0 Å². The third-order valence-corrected chi connectivity index (χ3v) is 4.70. The predicted octanol–water partition coefficient (Wildman–Crippen LogP) is 3.33. The number of carbonyl (C=O) groups excluding carboxylic acids is 1. The first-order valence-corrected chi connectivity index (χ1v) is 9.40. The van der Waals surface area contributed by atoms with Gasteiger partial charge in [0, 0.05) is 17.0 Å². The number of benzene rings is 1. The van der Waals surface area contributed by atoms with Crippen molar-refractivity contribution in [1.29, 1.82) is 0 Å². The lowest BCUT2D eigenvalue weighted by Gasteiger charge is -2.26. The molecule has 26 heavy (non-hydrogen) atoms. The van der Waals surface area contributed by atoms with E-state index in [1.54, 1.807) is 24.4 Å². The number of anilines is 1. The van der Waals surface area contributed by atoms with Crippen LogP contribution in [0, 0.1) is 0 Å². The van der Waals surface area contributed by atoms with Crippen molar-refractivity contribution in [2.24, 2.45) is 5.10 Å². The van der Waals surface area contributed by atoms with Crippen molar-refractivity contribution in [2.75, 3.05) is 12.0 Å². The van der Waals surface area contributed by atoms with Gasteiger partial charge < -0.3 is 14.6 Å². The second-order valence-electron chi connectivity index (χ2n) is 5.89. The summed E-state index contributed by atoms with van der Waals surface area (Å²) in [5.74, 6) is 0.470. The van der Waals surface area contributed by atoms with Crippen LogP contribution in [0.1, 0.15) is 37.4 Å². The van der Waals surface area contributed by atoms with Crippen LogP contribution in [-0.2, 0) is 16.0 Å². The van der Waals surface area contributed by atoms with E-state index in [0.29, 0.717) is 28.7 Å². The van der Waals surface area contributed by atoms with Crippen molar-refractivity contribution in [3.63, 3.8) is 0 Å². The van der Waals surface area contributed by atoms with Gasteiger partial charge in [0.25, 0.3) is 0 Å². The van der Waals surface area contributed by atoms with Crippen molar-refractivity contribution in [2.45, 2.75) is 38.7 Å². The van der Waals surface area contributed by atoms with Gasteiger partial charge in [-0.25, -0.2) is 4.98 Å². The van der Waals surface area contributed by atoms with Crippen molar-refractivity contribution < 1.29 is 19.4 Å². The highest BCUT2D eigenvalue weighted by Crippen LogP contribution is 2.28. The van der Waals surface area contributed by atoms with Gasteiger partial charge in [-0.15, -0.1) is 11.3 Å². The third kappa shape index (κ3) is 4.95. The van der Waals surface area contributed by atoms with Gasteiger partial charge in [0.2, 0.25) is 5.13 Å². The molecule has 1 aromatic carbocycles. The van der Waals surface area contributed by atoms with Gasteiger partial charge in [-0.2, -0.15) is 5.10 Å². The van der Waals surface area contributed by atoms with Crippen LogP contribution in [0.4, 0.5) is 5.13 Å². The molecule has 1 saturated carbocycles. The molecule has 8 heteroatoms. The van der Waals surface area contributed by atoms with Crippen LogP contribution in [0.5, 0.6) is 11.5 Å². The average molecular weight is 375 g/mol. The Balaban J connectivity index is 1.53. The molecule has 1 heterocycles. The van der Waals surface area contributed by atoms with E-state index in [-0.39, 0.29) is 24.2 Å². The van der Waals surface area contributed by atoms with Crippen LogP contribution < -0.4 is 10.2 Å². The predicted molar refractivity (Wildman–Crippen MR) is 100 cm³/mol. The van der Waals surface area contributed by atoms with Crippen molar-refractivity contribution in [3.05, 3.63) is 34.8 Å². The molecule has 0 amide bonds. The molecule has 0 saturated heterocycles. The number of nitrogens with zero attached hydrogens (tertiary/aromatic N) is 2. The molecule has 0 unspecified atom stereocenters. The average Bonchev–Trinajstić information content (AvgIpc) is 3.00. The molecule has 3 rings (SSSR count). The molecule has 7 nitrogen and oxygen atoms in total. The second-order valence-corrected chi connectivity index (χ2v) is 6.75. The van der Waals surface area contributed by atoms with Gasteiger partial charge >= 0.3 is 5.97 Å². The van der Waals surface area contributed by atoms with E-state index >= 15 is 0 Å². The summed E-state index contributed by atoms with van der Waals surface area (Å²) >= 11 is 1.34. The zero-order valence-electron chi connectivity index (χ0n) is 14.5. The standard InChI is InChI=1S/C18H21N3O4S/c1-2-24-17(23)8-13-11-26-18(20-13)21-19-10-12-6-7-15(9-16(12)22)25-14-4-3-5-14/h6-7,9-11,14,22H,2-5,8H2,1H3,(H,20,21). The number of carbonyl (C=O) groups is 1. The number of ether oxygens (including phenoxy) is 2. The van der Waals surface area contributed by atoms with Crippen LogP contribution >= 0.6 is 11.3 Å². The number of hydrazone groups is 1. The number of hydrogen-bond acceptors (Lipinski definition) is 8.